The van der Waals surface area contributed by atoms with Crippen molar-refractivity contribution in [3.63, 3.8) is 0 Å². The van der Waals surface area contributed by atoms with Crippen LogP contribution in [0.5, 0.6) is 0 Å². The average Bonchev–Trinajstić information content (AvgIpc) is 3.24. The van der Waals surface area contributed by atoms with E-state index in [9.17, 15) is 0 Å². The van der Waals surface area contributed by atoms with Gasteiger partial charge < -0.3 is 4.90 Å². The molecule has 0 aliphatic carbocycles. The second kappa shape index (κ2) is 6.98. The van der Waals surface area contributed by atoms with Crippen LogP contribution in [-0.2, 0) is 0 Å². The van der Waals surface area contributed by atoms with E-state index in [0.717, 1.165) is 28.9 Å². The smallest absolute Gasteiger partial charge is 0.0755 e. The quantitative estimate of drug-likeness (QED) is 0.601. The Morgan fingerprint density at radius 3 is 2.50 bits per heavy atom. The molecule has 2 aliphatic heterocycles. The molecule has 0 N–H and O–H groups in total. The molecule has 0 bridgehead atoms. The van der Waals surface area contributed by atoms with Crippen LogP contribution in [0.15, 0.2) is 97.3 Å². The predicted molar refractivity (Wildman–Crippen MR) is 112 cm³/mol. The second-order valence-corrected chi connectivity index (χ2v) is 7.02. The standard InChI is InChI=1S/C23H17ClN4/c24-19-5-8-21(9-6-19)28-23(12-15-26-28)18-4-7-20-2-1-3-22(27(20)16-18)17-10-13-25-14-11-17/h2-16H,1H2. The van der Waals surface area contributed by atoms with E-state index in [4.69, 9.17) is 11.6 Å². The Hall–Kier alpha value is -3.37. The van der Waals surface area contributed by atoms with Gasteiger partial charge in [-0.25, -0.2) is 4.68 Å². The molecule has 28 heavy (non-hydrogen) atoms. The Bertz CT molecular complexity index is 1130. The van der Waals surface area contributed by atoms with Crippen molar-refractivity contribution in [2.24, 2.45) is 0 Å². The highest BCUT2D eigenvalue weighted by Crippen LogP contribution is 2.35. The van der Waals surface area contributed by atoms with Gasteiger partial charge in [-0.3, -0.25) is 4.98 Å². The molecule has 136 valence electrons. The van der Waals surface area contributed by atoms with Gasteiger partial charge >= 0.3 is 0 Å². The highest BCUT2D eigenvalue weighted by molar-refractivity contribution is 6.30. The van der Waals surface area contributed by atoms with E-state index in [-0.39, 0.29) is 0 Å². The molecule has 0 saturated carbocycles. The third-order valence-corrected chi connectivity index (χ3v) is 5.12. The molecular formula is C23H17ClN4. The molecule has 2 aliphatic rings. The molecule has 0 atom stereocenters. The molecular weight excluding hydrogens is 368 g/mol. The Morgan fingerprint density at radius 1 is 0.857 bits per heavy atom. The second-order valence-electron chi connectivity index (χ2n) is 6.58. The number of pyridine rings is 1. The van der Waals surface area contributed by atoms with Crippen LogP contribution < -0.4 is 0 Å². The summed E-state index contributed by atoms with van der Waals surface area (Å²) in [7, 11) is 0. The van der Waals surface area contributed by atoms with E-state index in [2.05, 4.69) is 45.5 Å². The molecule has 0 radical (unpaired) electrons. The normalized spacial score (nSPS) is 15.6. The lowest BCUT2D eigenvalue weighted by molar-refractivity contribution is 0.660. The third kappa shape index (κ3) is 2.98. The lowest BCUT2D eigenvalue weighted by Gasteiger charge is -2.31. The summed E-state index contributed by atoms with van der Waals surface area (Å²) >= 11 is 6.04. The molecule has 3 aromatic rings. The van der Waals surface area contributed by atoms with E-state index in [1.54, 1.807) is 0 Å². The van der Waals surface area contributed by atoms with Crippen molar-refractivity contribution in [3.05, 3.63) is 114 Å². The van der Waals surface area contributed by atoms with Gasteiger partial charge in [0.15, 0.2) is 0 Å². The first-order valence-corrected chi connectivity index (χ1v) is 9.47. The SMILES string of the molecule is Clc1ccc(-n2nccc2C2=CN3C(=CCC=C3c3ccncc3)C=C2)cc1. The van der Waals surface area contributed by atoms with Gasteiger partial charge in [0.1, 0.15) is 0 Å². The summed E-state index contributed by atoms with van der Waals surface area (Å²) < 4.78 is 1.93. The van der Waals surface area contributed by atoms with Crippen LogP contribution in [0.4, 0.5) is 0 Å². The maximum atomic E-state index is 6.04. The maximum absolute atomic E-state index is 6.04. The average molecular weight is 385 g/mol. The van der Waals surface area contributed by atoms with Crippen LogP contribution in [-0.4, -0.2) is 19.7 Å². The van der Waals surface area contributed by atoms with Crippen molar-refractivity contribution in [1.82, 2.24) is 19.7 Å². The van der Waals surface area contributed by atoms with Gasteiger partial charge in [-0.2, -0.15) is 5.10 Å². The third-order valence-electron chi connectivity index (χ3n) is 4.86. The zero-order valence-corrected chi connectivity index (χ0v) is 15.8. The summed E-state index contributed by atoms with van der Waals surface area (Å²) in [6, 6.07) is 13.8. The van der Waals surface area contributed by atoms with Gasteiger partial charge in [-0.05, 0) is 61.0 Å². The molecule has 0 spiro atoms. The number of hydrogen-bond donors (Lipinski definition) is 0. The minimum absolute atomic E-state index is 0.712. The summed E-state index contributed by atoms with van der Waals surface area (Å²) in [5.74, 6) is 0. The van der Waals surface area contributed by atoms with E-state index in [1.165, 1.54) is 11.4 Å². The number of rotatable bonds is 3. The van der Waals surface area contributed by atoms with Gasteiger partial charge in [0.05, 0.1) is 17.6 Å². The first-order chi connectivity index (χ1) is 13.8. The highest BCUT2D eigenvalue weighted by Gasteiger charge is 2.21. The molecule has 0 fully saturated rings. The summed E-state index contributed by atoms with van der Waals surface area (Å²) in [4.78, 5) is 6.37. The first-order valence-electron chi connectivity index (χ1n) is 9.10. The number of halogens is 1. The van der Waals surface area contributed by atoms with Crippen molar-refractivity contribution < 1.29 is 0 Å². The van der Waals surface area contributed by atoms with Crippen molar-refractivity contribution in [1.29, 1.82) is 0 Å². The van der Waals surface area contributed by atoms with Crippen LogP contribution in [0.2, 0.25) is 5.02 Å². The van der Waals surface area contributed by atoms with E-state index in [1.807, 2.05) is 65.7 Å². The van der Waals surface area contributed by atoms with Gasteiger partial charge in [-0.15, -0.1) is 0 Å². The number of allylic oxidation sites excluding steroid dienone is 5. The summed E-state index contributed by atoms with van der Waals surface area (Å²) in [6.45, 7) is 0. The first kappa shape index (κ1) is 16.8. The van der Waals surface area contributed by atoms with Gasteiger partial charge in [0.2, 0.25) is 0 Å². The molecule has 5 heteroatoms. The minimum Gasteiger partial charge on any atom is -0.317 e. The topological polar surface area (TPSA) is 34.0 Å². The van der Waals surface area contributed by atoms with Gasteiger partial charge in [0.25, 0.3) is 0 Å². The van der Waals surface area contributed by atoms with E-state index in [0.29, 0.717) is 5.02 Å². The lowest BCUT2D eigenvalue weighted by atomic mass is 10.0. The molecule has 0 amide bonds. The van der Waals surface area contributed by atoms with Crippen LogP contribution >= 0.6 is 11.6 Å². The molecule has 0 saturated heterocycles. The fourth-order valence-electron chi connectivity index (χ4n) is 3.52. The van der Waals surface area contributed by atoms with Crippen LogP contribution in [0.1, 0.15) is 17.7 Å². The fraction of sp³-hybridized carbons (Fsp3) is 0.0435. The maximum Gasteiger partial charge on any atom is 0.0755 e. The van der Waals surface area contributed by atoms with Crippen LogP contribution in [0.25, 0.3) is 17.0 Å². The number of fused-ring (bicyclic) bond motifs is 1. The molecule has 5 rings (SSSR count). The number of benzene rings is 1. The molecule has 2 aromatic heterocycles. The molecule has 4 nitrogen and oxygen atoms in total. The highest BCUT2D eigenvalue weighted by atomic mass is 35.5. The Kier molecular flexibility index (Phi) is 4.18. The Labute approximate surface area is 168 Å². The van der Waals surface area contributed by atoms with Gasteiger partial charge in [-0.1, -0.05) is 23.8 Å². The van der Waals surface area contributed by atoms with Crippen LogP contribution in [0.3, 0.4) is 0 Å². The number of aromatic nitrogens is 3. The lowest BCUT2D eigenvalue weighted by Crippen LogP contribution is -2.19. The zero-order chi connectivity index (χ0) is 18.9. The van der Waals surface area contributed by atoms with E-state index < -0.39 is 0 Å². The van der Waals surface area contributed by atoms with Crippen molar-refractivity contribution >= 4 is 22.9 Å². The molecule has 4 heterocycles. The summed E-state index contributed by atoms with van der Waals surface area (Å²) in [5.41, 5.74) is 6.58. The predicted octanol–water partition coefficient (Wildman–Crippen LogP) is 5.46. The Balaban J connectivity index is 1.55. The zero-order valence-electron chi connectivity index (χ0n) is 15.0. The van der Waals surface area contributed by atoms with Crippen LogP contribution in [0, 0.1) is 0 Å². The summed E-state index contributed by atoms with van der Waals surface area (Å²) in [6.07, 6.45) is 17.3. The number of nitrogens with zero attached hydrogens (tertiary/aromatic N) is 4. The molecule has 1 aromatic carbocycles. The summed E-state index contributed by atoms with van der Waals surface area (Å²) in [5, 5.41) is 5.23. The monoisotopic (exact) mass is 384 g/mol. The largest absolute Gasteiger partial charge is 0.317 e. The minimum atomic E-state index is 0.712. The molecule has 0 unspecified atom stereocenters. The van der Waals surface area contributed by atoms with E-state index >= 15 is 0 Å². The van der Waals surface area contributed by atoms with Crippen molar-refractivity contribution in [2.75, 3.05) is 0 Å². The fourth-order valence-corrected chi connectivity index (χ4v) is 3.64. The van der Waals surface area contributed by atoms with Gasteiger partial charge in [0, 0.05) is 46.1 Å². The van der Waals surface area contributed by atoms with Crippen molar-refractivity contribution in [3.8, 4) is 5.69 Å². The van der Waals surface area contributed by atoms with Crippen molar-refractivity contribution in [2.45, 2.75) is 6.42 Å². The Morgan fingerprint density at radius 2 is 1.68 bits per heavy atom. The number of hydrogen-bond acceptors (Lipinski definition) is 3.